The molecule has 2 aliphatic heterocycles. The molecule has 1 amide bonds. The van der Waals surface area contributed by atoms with Crippen LogP contribution in [0, 0.1) is 5.92 Å². The Morgan fingerprint density at radius 1 is 1.38 bits per heavy atom. The van der Waals surface area contributed by atoms with Crippen molar-refractivity contribution in [1.29, 1.82) is 0 Å². The summed E-state index contributed by atoms with van der Waals surface area (Å²) in [6.45, 7) is 5.95. The first-order valence-corrected chi connectivity index (χ1v) is 9.28. The zero-order valence-electron chi connectivity index (χ0n) is 14.4. The minimum atomic E-state index is -0.105. The summed E-state index contributed by atoms with van der Waals surface area (Å²) in [5, 5.41) is 11.1. The summed E-state index contributed by atoms with van der Waals surface area (Å²) in [6.07, 6.45) is 8.04. The minimum absolute atomic E-state index is 0.105. The molecule has 0 aromatic carbocycles. The van der Waals surface area contributed by atoms with Crippen LogP contribution in [-0.4, -0.2) is 64.2 Å². The molecule has 0 radical (unpaired) electrons. The first kappa shape index (κ1) is 16.0. The van der Waals surface area contributed by atoms with E-state index >= 15 is 0 Å². The minimum Gasteiger partial charge on any atom is -0.377 e. The zero-order chi connectivity index (χ0) is 16.5. The van der Waals surface area contributed by atoms with Gasteiger partial charge in [0.05, 0.1) is 24.4 Å². The predicted octanol–water partition coefficient (Wildman–Crippen LogP) is 1.23. The van der Waals surface area contributed by atoms with Crippen molar-refractivity contribution < 1.29 is 9.53 Å². The number of rotatable bonds is 6. The highest BCUT2D eigenvalue weighted by atomic mass is 16.5. The Hall–Kier alpha value is -1.47. The van der Waals surface area contributed by atoms with Gasteiger partial charge in [0.25, 0.3) is 5.91 Å². The quantitative estimate of drug-likeness (QED) is 0.848. The topological polar surface area (TPSA) is 72.3 Å². The van der Waals surface area contributed by atoms with E-state index in [1.165, 1.54) is 19.3 Å². The molecule has 3 fully saturated rings. The molecule has 4 rings (SSSR count). The third kappa shape index (κ3) is 3.62. The summed E-state index contributed by atoms with van der Waals surface area (Å²) < 4.78 is 7.70. The fourth-order valence-electron chi connectivity index (χ4n) is 3.71. The molecular formula is C17H27N5O2. The van der Waals surface area contributed by atoms with Crippen LogP contribution in [-0.2, 0) is 4.74 Å². The maximum atomic E-state index is 12.2. The molecule has 132 valence electrons. The van der Waals surface area contributed by atoms with Crippen molar-refractivity contribution in [1.82, 2.24) is 25.2 Å². The SMILES string of the molecule is CCC1CCOC(CN2CC(NC(=O)c3cn(C4CC4)nn3)C2)C1. The second-order valence-corrected chi connectivity index (χ2v) is 7.50. The molecule has 7 heteroatoms. The van der Waals surface area contributed by atoms with Gasteiger partial charge < -0.3 is 10.1 Å². The normalized spacial score (nSPS) is 28.5. The fourth-order valence-corrected chi connectivity index (χ4v) is 3.71. The Balaban J connectivity index is 1.19. The molecule has 24 heavy (non-hydrogen) atoms. The lowest BCUT2D eigenvalue weighted by Gasteiger charge is -2.42. The predicted molar refractivity (Wildman–Crippen MR) is 88.7 cm³/mol. The van der Waals surface area contributed by atoms with E-state index in [1.807, 2.05) is 4.68 Å². The highest BCUT2D eigenvalue weighted by Gasteiger charge is 2.33. The summed E-state index contributed by atoms with van der Waals surface area (Å²) in [5.74, 6) is 0.709. The summed E-state index contributed by atoms with van der Waals surface area (Å²) in [6, 6.07) is 0.676. The summed E-state index contributed by atoms with van der Waals surface area (Å²) in [7, 11) is 0. The average Bonchev–Trinajstić information content (AvgIpc) is 3.30. The molecule has 1 saturated carbocycles. The van der Waals surface area contributed by atoms with Gasteiger partial charge in [-0.25, -0.2) is 4.68 Å². The number of carbonyl (C=O) groups excluding carboxylic acids is 1. The van der Waals surface area contributed by atoms with E-state index in [0.717, 1.165) is 45.0 Å². The van der Waals surface area contributed by atoms with Crippen molar-refractivity contribution in [2.24, 2.45) is 5.92 Å². The van der Waals surface area contributed by atoms with Gasteiger partial charge >= 0.3 is 0 Å². The van der Waals surface area contributed by atoms with E-state index in [1.54, 1.807) is 6.20 Å². The average molecular weight is 333 g/mol. The van der Waals surface area contributed by atoms with Crippen LogP contribution >= 0.6 is 0 Å². The van der Waals surface area contributed by atoms with Crippen LogP contribution in [0.4, 0.5) is 0 Å². The Labute approximate surface area is 142 Å². The van der Waals surface area contributed by atoms with Crippen molar-refractivity contribution in [3.63, 3.8) is 0 Å². The fraction of sp³-hybridized carbons (Fsp3) is 0.824. The van der Waals surface area contributed by atoms with Crippen LogP contribution in [0.1, 0.15) is 55.6 Å². The maximum absolute atomic E-state index is 12.2. The first-order chi connectivity index (χ1) is 11.7. The van der Waals surface area contributed by atoms with Crippen LogP contribution in [0.25, 0.3) is 0 Å². The Morgan fingerprint density at radius 2 is 2.21 bits per heavy atom. The van der Waals surface area contributed by atoms with Gasteiger partial charge in [0.2, 0.25) is 0 Å². The summed E-state index contributed by atoms with van der Waals surface area (Å²) in [4.78, 5) is 14.6. The standard InChI is InChI=1S/C17H27N5O2/c1-2-12-5-6-24-15(7-12)10-21-8-13(9-21)18-17(23)16-11-22(20-19-16)14-3-4-14/h11-15H,2-10H2,1H3,(H,18,23). The zero-order valence-corrected chi connectivity index (χ0v) is 14.4. The Kier molecular flexibility index (Phi) is 4.54. The lowest BCUT2D eigenvalue weighted by atomic mass is 9.92. The van der Waals surface area contributed by atoms with Crippen LogP contribution in [0.5, 0.6) is 0 Å². The molecular weight excluding hydrogens is 306 g/mol. The Bertz CT molecular complexity index is 579. The highest BCUT2D eigenvalue weighted by molar-refractivity contribution is 5.92. The molecule has 2 atom stereocenters. The van der Waals surface area contributed by atoms with E-state index in [2.05, 4.69) is 27.5 Å². The molecule has 0 spiro atoms. The van der Waals surface area contributed by atoms with E-state index in [-0.39, 0.29) is 11.9 Å². The van der Waals surface area contributed by atoms with Crippen molar-refractivity contribution in [3.05, 3.63) is 11.9 Å². The van der Waals surface area contributed by atoms with E-state index < -0.39 is 0 Å². The van der Waals surface area contributed by atoms with Crippen molar-refractivity contribution >= 4 is 5.91 Å². The molecule has 3 aliphatic rings. The first-order valence-electron chi connectivity index (χ1n) is 9.28. The van der Waals surface area contributed by atoms with Gasteiger partial charge in [-0.05, 0) is 31.6 Å². The van der Waals surface area contributed by atoms with Crippen LogP contribution in [0.3, 0.4) is 0 Å². The molecule has 3 heterocycles. The molecule has 1 aromatic heterocycles. The summed E-state index contributed by atoms with van der Waals surface area (Å²) in [5.41, 5.74) is 0.432. The third-order valence-corrected chi connectivity index (χ3v) is 5.47. The largest absolute Gasteiger partial charge is 0.377 e. The lowest BCUT2D eigenvalue weighted by Crippen LogP contribution is -2.61. The van der Waals surface area contributed by atoms with Gasteiger partial charge in [-0.15, -0.1) is 5.10 Å². The van der Waals surface area contributed by atoms with E-state index in [4.69, 9.17) is 4.74 Å². The second-order valence-electron chi connectivity index (χ2n) is 7.50. The molecule has 2 unspecified atom stereocenters. The number of hydrogen-bond donors (Lipinski definition) is 1. The van der Waals surface area contributed by atoms with E-state index in [0.29, 0.717) is 17.8 Å². The molecule has 2 saturated heterocycles. The summed E-state index contributed by atoms with van der Waals surface area (Å²) >= 11 is 0. The number of ether oxygens (including phenoxy) is 1. The third-order valence-electron chi connectivity index (χ3n) is 5.47. The maximum Gasteiger partial charge on any atom is 0.273 e. The molecule has 0 bridgehead atoms. The van der Waals surface area contributed by atoms with Gasteiger partial charge in [-0.2, -0.15) is 0 Å². The smallest absolute Gasteiger partial charge is 0.273 e. The number of carbonyl (C=O) groups is 1. The molecule has 1 aliphatic carbocycles. The van der Waals surface area contributed by atoms with Gasteiger partial charge in [-0.1, -0.05) is 18.6 Å². The number of likely N-dealkylation sites (tertiary alicyclic amines) is 1. The number of nitrogens with one attached hydrogen (secondary N) is 1. The van der Waals surface area contributed by atoms with Gasteiger partial charge in [0, 0.05) is 26.2 Å². The highest BCUT2D eigenvalue weighted by Crippen LogP contribution is 2.33. The number of amides is 1. The van der Waals surface area contributed by atoms with Crippen molar-refractivity contribution in [2.75, 3.05) is 26.2 Å². The lowest BCUT2D eigenvalue weighted by molar-refractivity contribution is -0.0412. The monoisotopic (exact) mass is 333 g/mol. The second kappa shape index (κ2) is 6.80. The van der Waals surface area contributed by atoms with E-state index in [9.17, 15) is 4.79 Å². The van der Waals surface area contributed by atoms with Gasteiger partial charge in [0.1, 0.15) is 0 Å². The van der Waals surface area contributed by atoms with Gasteiger partial charge in [-0.3, -0.25) is 9.69 Å². The van der Waals surface area contributed by atoms with Crippen molar-refractivity contribution in [3.8, 4) is 0 Å². The molecule has 1 aromatic rings. The number of hydrogen-bond acceptors (Lipinski definition) is 5. The molecule has 7 nitrogen and oxygen atoms in total. The molecule has 1 N–H and O–H groups in total. The number of aromatic nitrogens is 3. The number of nitrogens with zero attached hydrogens (tertiary/aromatic N) is 4. The van der Waals surface area contributed by atoms with Crippen LogP contribution in [0.15, 0.2) is 6.20 Å². The Morgan fingerprint density at radius 3 is 2.96 bits per heavy atom. The van der Waals surface area contributed by atoms with Crippen LogP contribution < -0.4 is 5.32 Å². The van der Waals surface area contributed by atoms with Crippen LogP contribution in [0.2, 0.25) is 0 Å². The van der Waals surface area contributed by atoms with Gasteiger partial charge in [0.15, 0.2) is 5.69 Å². The van der Waals surface area contributed by atoms with Crippen molar-refractivity contribution in [2.45, 2.75) is 57.2 Å².